The van der Waals surface area contributed by atoms with E-state index in [4.69, 9.17) is 4.74 Å². The second-order valence-corrected chi connectivity index (χ2v) is 5.92. The number of aromatic nitrogens is 1. The van der Waals surface area contributed by atoms with Crippen molar-refractivity contribution in [2.45, 2.75) is 19.4 Å². The Balaban J connectivity index is 1.68. The molecule has 0 bridgehead atoms. The van der Waals surface area contributed by atoms with Gasteiger partial charge in [-0.2, -0.15) is 0 Å². The predicted molar refractivity (Wildman–Crippen MR) is 93.5 cm³/mol. The molecule has 1 aliphatic rings. The monoisotopic (exact) mass is 339 g/mol. The summed E-state index contributed by atoms with van der Waals surface area (Å²) in [6.07, 6.45) is 3.56. The van der Waals surface area contributed by atoms with E-state index in [1.165, 1.54) is 6.20 Å². The molecular weight excluding hydrogens is 318 g/mol. The summed E-state index contributed by atoms with van der Waals surface area (Å²) in [5.41, 5.74) is 1.61. The molecule has 6 nitrogen and oxygen atoms in total. The normalized spacial score (nSPS) is 13.6. The molecule has 2 heterocycles. The van der Waals surface area contributed by atoms with Crippen molar-refractivity contribution in [3.8, 4) is 5.75 Å². The van der Waals surface area contributed by atoms with Crippen LogP contribution in [-0.2, 0) is 6.54 Å². The number of ether oxygens (including phenoxy) is 1. The van der Waals surface area contributed by atoms with Crippen LogP contribution in [0.1, 0.15) is 39.3 Å². The molecule has 2 amide bonds. The summed E-state index contributed by atoms with van der Waals surface area (Å²) in [4.78, 5) is 30.7. The van der Waals surface area contributed by atoms with E-state index in [0.717, 1.165) is 31.5 Å². The zero-order valence-corrected chi connectivity index (χ0v) is 14.2. The second-order valence-electron chi connectivity index (χ2n) is 5.92. The van der Waals surface area contributed by atoms with Crippen LogP contribution in [-0.4, -0.2) is 41.9 Å². The highest BCUT2D eigenvalue weighted by Gasteiger charge is 2.20. The van der Waals surface area contributed by atoms with Crippen molar-refractivity contribution in [2.24, 2.45) is 0 Å². The number of hydrogen-bond donors (Lipinski definition) is 1. The first-order valence-corrected chi connectivity index (χ1v) is 8.34. The molecule has 1 aromatic carbocycles. The lowest BCUT2D eigenvalue weighted by atomic mass is 10.1. The maximum atomic E-state index is 12.4. The highest BCUT2D eigenvalue weighted by Crippen LogP contribution is 2.17. The van der Waals surface area contributed by atoms with Gasteiger partial charge in [0.15, 0.2) is 0 Å². The number of hydrogen-bond acceptors (Lipinski definition) is 4. The highest BCUT2D eigenvalue weighted by molar-refractivity contribution is 5.98. The Morgan fingerprint density at radius 1 is 1.20 bits per heavy atom. The number of pyridine rings is 1. The zero-order chi connectivity index (χ0) is 17.6. The maximum Gasteiger partial charge on any atom is 0.270 e. The summed E-state index contributed by atoms with van der Waals surface area (Å²) < 4.78 is 5.27. The van der Waals surface area contributed by atoms with Crippen molar-refractivity contribution in [1.82, 2.24) is 15.2 Å². The Bertz CT molecular complexity index is 770. The van der Waals surface area contributed by atoms with E-state index in [2.05, 4.69) is 10.3 Å². The Morgan fingerprint density at radius 2 is 1.96 bits per heavy atom. The minimum atomic E-state index is -0.318. The predicted octanol–water partition coefficient (Wildman–Crippen LogP) is 2.26. The molecule has 0 aliphatic carbocycles. The fourth-order valence-electron chi connectivity index (χ4n) is 2.91. The standard InChI is InChI=1S/C19H21N3O3/c1-25-17-7-3-2-6-15(17)13-21-18(23)16-12-14(8-9-20-16)19(24)22-10-4-5-11-22/h2-3,6-9,12H,4-5,10-11,13H2,1H3,(H,21,23). The number of benzene rings is 1. The Hall–Kier alpha value is -2.89. The third-order valence-electron chi connectivity index (χ3n) is 4.26. The van der Waals surface area contributed by atoms with Gasteiger partial charge in [0.25, 0.3) is 11.8 Å². The number of carbonyl (C=O) groups is 2. The SMILES string of the molecule is COc1ccccc1CNC(=O)c1cc(C(=O)N2CCCC2)ccn1. The summed E-state index contributed by atoms with van der Waals surface area (Å²) >= 11 is 0. The van der Waals surface area contributed by atoms with Gasteiger partial charge in [0.05, 0.1) is 7.11 Å². The van der Waals surface area contributed by atoms with E-state index in [1.54, 1.807) is 19.2 Å². The van der Waals surface area contributed by atoms with Crippen LogP contribution in [0.3, 0.4) is 0 Å². The molecule has 130 valence electrons. The molecule has 0 radical (unpaired) electrons. The molecule has 1 aromatic heterocycles. The van der Waals surface area contributed by atoms with Gasteiger partial charge in [-0.25, -0.2) is 0 Å². The molecule has 25 heavy (non-hydrogen) atoms. The van der Waals surface area contributed by atoms with Crippen molar-refractivity contribution in [3.05, 3.63) is 59.4 Å². The summed E-state index contributed by atoms with van der Waals surface area (Å²) in [5, 5.41) is 2.82. The van der Waals surface area contributed by atoms with Crippen LogP contribution in [0.25, 0.3) is 0 Å². The topological polar surface area (TPSA) is 71.5 Å². The van der Waals surface area contributed by atoms with Crippen LogP contribution in [0.15, 0.2) is 42.6 Å². The van der Waals surface area contributed by atoms with Crippen molar-refractivity contribution in [2.75, 3.05) is 20.2 Å². The largest absolute Gasteiger partial charge is 0.496 e. The van der Waals surface area contributed by atoms with Gasteiger partial charge in [0.1, 0.15) is 11.4 Å². The molecule has 6 heteroatoms. The van der Waals surface area contributed by atoms with Crippen LogP contribution < -0.4 is 10.1 Å². The zero-order valence-electron chi connectivity index (χ0n) is 14.2. The van der Waals surface area contributed by atoms with Gasteiger partial charge in [0.2, 0.25) is 0 Å². The van der Waals surface area contributed by atoms with Crippen LogP contribution in [0.4, 0.5) is 0 Å². The minimum Gasteiger partial charge on any atom is -0.496 e. The second kappa shape index (κ2) is 7.79. The number of amides is 2. The van der Waals surface area contributed by atoms with Crippen molar-refractivity contribution < 1.29 is 14.3 Å². The lowest BCUT2D eigenvalue weighted by Crippen LogP contribution is -2.28. The van der Waals surface area contributed by atoms with E-state index in [9.17, 15) is 9.59 Å². The molecular formula is C19H21N3O3. The minimum absolute atomic E-state index is 0.0429. The molecule has 0 atom stereocenters. The van der Waals surface area contributed by atoms with Crippen LogP contribution >= 0.6 is 0 Å². The number of para-hydroxylation sites is 1. The Kier molecular flexibility index (Phi) is 5.28. The number of nitrogens with zero attached hydrogens (tertiary/aromatic N) is 2. The number of nitrogens with one attached hydrogen (secondary N) is 1. The van der Waals surface area contributed by atoms with Crippen LogP contribution in [0.2, 0.25) is 0 Å². The smallest absolute Gasteiger partial charge is 0.270 e. The van der Waals surface area contributed by atoms with Crippen molar-refractivity contribution in [3.63, 3.8) is 0 Å². The first kappa shape index (κ1) is 17.0. The van der Waals surface area contributed by atoms with Gasteiger partial charge in [0, 0.05) is 37.0 Å². The summed E-state index contributed by atoms with van der Waals surface area (Å²) in [7, 11) is 1.59. The van der Waals surface area contributed by atoms with Gasteiger partial charge in [-0.1, -0.05) is 18.2 Å². The molecule has 0 unspecified atom stereocenters. The molecule has 2 aromatic rings. The number of rotatable bonds is 5. The number of methoxy groups -OCH3 is 1. The van der Waals surface area contributed by atoms with Gasteiger partial charge >= 0.3 is 0 Å². The third-order valence-corrected chi connectivity index (χ3v) is 4.26. The quantitative estimate of drug-likeness (QED) is 0.907. The van der Waals surface area contributed by atoms with Gasteiger partial charge in [-0.15, -0.1) is 0 Å². The van der Waals surface area contributed by atoms with Gasteiger partial charge in [-0.05, 0) is 31.0 Å². The Labute approximate surface area is 146 Å². The molecule has 1 fully saturated rings. The lowest BCUT2D eigenvalue weighted by molar-refractivity contribution is 0.0792. The number of carbonyl (C=O) groups excluding carboxylic acids is 2. The average molecular weight is 339 g/mol. The molecule has 1 aliphatic heterocycles. The first-order valence-electron chi connectivity index (χ1n) is 8.34. The number of likely N-dealkylation sites (tertiary alicyclic amines) is 1. The fourth-order valence-corrected chi connectivity index (χ4v) is 2.91. The summed E-state index contributed by atoms with van der Waals surface area (Å²) in [5.74, 6) is 0.356. The summed E-state index contributed by atoms with van der Waals surface area (Å²) in [6.45, 7) is 1.88. The van der Waals surface area contributed by atoms with E-state index >= 15 is 0 Å². The molecule has 1 saturated heterocycles. The van der Waals surface area contributed by atoms with Crippen LogP contribution in [0.5, 0.6) is 5.75 Å². The maximum absolute atomic E-state index is 12.4. The molecule has 0 spiro atoms. The fraction of sp³-hybridized carbons (Fsp3) is 0.316. The van der Waals surface area contributed by atoms with Gasteiger partial charge < -0.3 is 15.0 Å². The molecule has 3 rings (SSSR count). The highest BCUT2D eigenvalue weighted by atomic mass is 16.5. The lowest BCUT2D eigenvalue weighted by Gasteiger charge is -2.15. The third kappa shape index (κ3) is 3.96. The van der Waals surface area contributed by atoms with E-state index in [0.29, 0.717) is 17.9 Å². The van der Waals surface area contributed by atoms with Gasteiger partial charge in [-0.3, -0.25) is 14.6 Å². The molecule has 0 saturated carbocycles. The average Bonchev–Trinajstić information content (AvgIpc) is 3.20. The first-order chi connectivity index (χ1) is 12.2. The van der Waals surface area contributed by atoms with Crippen LogP contribution in [0, 0.1) is 0 Å². The Morgan fingerprint density at radius 3 is 2.72 bits per heavy atom. The van der Waals surface area contributed by atoms with Crippen molar-refractivity contribution in [1.29, 1.82) is 0 Å². The van der Waals surface area contributed by atoms with Crippen molar-refractivity contribution >= 4 is 11.8 Å². The van der Waals surface area contributed by atoms with E-state index in [-0.39, 0.29) is 17.5 Å². The van der Waals surface area contributed by atoms with E-state index in [1.807, 2.05) is 29.2 Å². The molecule has 1 N–H and O–H groups in total. The van der Waals surface area contributed by atoms with E-state index < -0.39 is 0 Å². The summed E-state index contributed by atoms with van der Waals surface area (Å²) in [6, 6.07) is 10.7.